The van der Waals surface area contributed by atoms with E-state index in [1.807, 2.05) is 0 Å². The second kappa shape index (κ2) is 27.6. The first-order valence-corrected chi connectivity index (χ1v) is 1.81. The topological polar surface area (TPSA) is 47.6 Å². The number of thiol groups is 1. The summed E-state index contributed by atoms with van der Waals surface area (Å²) in [5.74, 6) is 0. The maximum absolute atomic E-state index is 7.51. The van der Waals surface area contributed by atoms with Crippen LogP contribution < -0.4 is 0 Å². The van der Waals surface area contributed by atoms with E-state index in [0.29, 0.717) is 0 Å². The van der Waals surface area contributed by atoms with Gasteiger partial charge in [0.05, 0.1) is 6.07 Å². The van der Waals surface area contributed by atoms with Gasteiger partial charge in [-0.25, -0.2) is 0 Å². The Morgan fingerprint density at radius 2 is 1.62 bits per heavy atom. The molecule has 0 unspecified atom stereocenters. The van der Waals surface area contributed by atoms with Gasteiger partial charge >= 0.3 is 29.6 Å². The van der Waals surface area contributed by atoms with Gasteiger partial charge in [0.1, 0.15) is 5.40 Å². The molecule has 2 nitrogen and oxygen atoms in total. The van der Waals surface area contributed by atoms with E-state index >= 15 is 0 Å². The fourth-order valence-corrected chi connectivity index (χ4v) is 0. The van der Waals surface area contributed by atoms with E-state index in [0.717, 1.165) is 0 Å². The van der Waals surface area contributed by atoms with E-state index < -0.39 is 0 Å². The van der Waals surface area contributed by atoms with Gasteiger partial charge in [-0.15, -0.1) is 0 Å². The Morgan fingerprint density at radius 3 is 1.62 bits per heavy atom. The number of thiocyanates is 1. The molecule has 0 aliphatic rings. The van der Waals surface area contributed by atoms with Gasteiger partial charge in [-0.3, -0.25) is 0 Å². The summed E-state index contributed by atoms with van der Waals surface area (Å²) in [6.45, 7) is 3.12. The van der Waals surface area contributed by atoms with E-state index in [4.69, 9.17) is 10.5 Å². The van der Waals surface area contributed by atoms with Crippen LogP contribution in [0.5, 0.6) is 0 Å². The van der Waals surface area contributed by atoms with E-state index in [1.54, 1.807) is 6.07 Å². The Bertz CT molecular complexity index is 110. The van der Waals surface area contributed by atoms with Crippen LogP contribution in [0, 0.1) is 22.0 Å². The third-order valence-electron chi connectivity index (χ3n) is 0.0913. The second-order valence-corrected chi connectivity index (χ2v) is 0.633. The van der Waals surface area contributed by atoms with Crippen molar-refractivity contribution >= 4 is 42.2 Å². The molecule has 0 aromatic heterocycles. The summed E-state index contributed by atoms with van der Waals surface area (Å²) in [6, 6.07) is 1.69. The quantitative estimate of drug-likeness (QED) is 0.227. The molecule has 4 heteroatoms. The fourth-order valence-electron chi connectivity index (χ4n) is 0. The molecule has 0 rings (SSSR count). The average Bonchev–Trinajstić information content (AvgIpc) is 1.69. The van der Waals surface area contributed by atoms with Crippen molar-refractivity contribution in [2.75, 3.05) is 0 Å². The monoisotopic (exact) mass is 136 g/mol. The van der Waals surface area contributed by atoms with Crippen LogP contribution in [0.3, 0.4) is 0 Å². The normalized spacial score (nSPS) is 2.88. The molecular weight excluding hydrogens is 131 g/mol. The van der Waals surface area contributed by atoms with Crippen LogP contribution in [-0.2, 0) is 0 Å². The Kier molecular flexibility index (Phi) is 54.2. The maximum atomic E-state index is 7.51. The molecule has 0 saturated heterocycles. The zero-order chi connectivity index (χ0) is 6.12. The summed E-state index contributed by atoms with van der Waals surface area (Å²) >= 11 is 3.09. The molecular formula is C4H5N2NaS. The van der Waals surface area contributed by atoms with Crippen LogP contribution in [0.25, 0.3) is 0 Å². The van der Waals surface area contributed by atoms with Crippen LogP contribution in [0.2, 0.25) is 0 Å². The average molecular weight is 136 g/mol. The molecule has 0 aromatic rings. The van der Waals surface area contributed by atoms with Crippen LogP contribution >= 0.6 is 12.6 Å². The van der Waals surface area contributed by atoms with E-state index in [9.17, 15) is 0 Å². The van der Waals surface area contributed by atoms with Gasteiger partial charge in [-0.1, -0.05) is 19.2 Å². The van der Waals surface area contributed by atoms with Crippen LogP contribution in [0.15, 0.2) is 12.7 Å². The number of rotatable bonds is 0. The molecule has 0 aliphatic heterocycles. The molecule has 8 heavy (non-hydrogen) atoms. The molecule has 0 radical (unpaired) electrons. The summed E-state index contributed by atoms with van der Waals surface area (Å²) in [5.41, 5.74) is 0. The minimum atomic E-state index is 0. The number of hydrogen-bond acceptors (Lipinski definition) is 3. The zero-order valence-corrected chi connectivity index (χ0v) is 4.52. The number of allylic oxidation sites excluding steroid dienone is 1. The molecule has 0 N–H and O–H groups in total. The number of nitrogens with zero attached hydrogens (tertiary/aromatic N) is 2. The Morgan fingerprint density at radius 1 is 1.50 bits per heavy atom. The minimum absolute atomic E-state index is 0. The van der Waals surface area contributed by atoms with Crippen molar-refractivity contribution in [3.8, 4) is 11.5 Å². The molecule has 0 saturated carbocycles. The summed E-state index contributed by atoms with van der Waals surface area (Å²) < 4.78 is 0. The number of hydrogen-bond donors (Lipinski definition) is 1. The third-order valence-corrected chi connectivity index (χ3v) is 0.0913. The van der Waals surface area contributed by atoms with Crippen LogP contribution in [-0.4, -0.2) is 29.6 Å². The van der Waals surface area contributed by atoms with Gasteiger partial charge in [-0.2, -0.15) is 10.5 Å². The molecule has 0 heterocycles. The van der Waals surface area contributed by atoms with Crippen molar-refractivity contribution in [2.45, 2.75) is 0 Å². The Labute approximate surface area is 76.5 Å². The Balaban J connectivity index is -0.0000000575. The van der Waals surface area contributed by atoms with Crippen molar-refractivity contribution < 1.29 is 0 Å². The molecule has 0 fully saturated rings. The van der Waals surface area contributed by atoms with Gasteiger partial charge in [0, 0.05) is 6.08 Å². The predicted octanol–water partition coefficient (Wildman–Crippen LogP) is 0.445. The van der Waals surface area contributed by atoms with Gasteiger partial charge in [-0.05, 0) is 0 Å². The van der Waals surface area contributed by atoms with E-state index in [2.05, 4.69) is 19.2 Å². The standard InChI is InChI=1S/C3H3N.CHNS.Na.H/c1-2-3-4;2-1-3;;/h2H,1H2;3H;;. The van der Waals surface area contributed by atoms with Crippen LogP contribution in [0.1, 0.15) is 0 Å². The molecule has 0 spiro atoms. The van der Waals surface area contributed by atoms with Gasteiger partial charge in [0.25, 0.3) is 0 Å². The second-order valence-electron chi connectivity index (χ2n) is 0.433. The summed E-state index contributed by atoms with van der Waals surface area (Å²) in [7, 11) is 0. The van der Waals surface area contributed by atoms with Gasteiger partial charge < -0.3 is 0 Å². The Hall–Kier alpha value is 0.0700. The summed E-state index contributed by atoms with van der Waals surface area (Å²) in [4.78, 5) is 0. The number of nitriles is 2. The van der Waals surface area contributed by atoms with Gasteiger partial charge in [0.15, 0.2) is 0 Å². The van der Waals surface area contributed by atoms with E-state index in [-0.39, 0.29) is 29.6 Å². The van der Waals surface area contributed by atoms with Crippen molar-refractivity contribution in [3.63, 3.8) is 0 Å². The van der Waals surface area contributed by atoms with Crippen molar-refractivity contribution in [1.29, 1.82) is 10.5 Å². The molecule has 38 valence electrons. The SMILES string of the molecule is C=CC#N.N#CS.[NaH]. The summed E-state index contributed by atoms with van der Waals surface area (Å²) in [5, 5.41) is 16.1. The third kappa shape index (κ3) is 136. The molecule has 0 atom stereocenters. The molecule has 0 aliphatic carbocycles. The summed E-state index contributed by atoms with van der Waals surface area (Å²) in [6.07, 6.45) is 1.18. The van der Waals surface area contributed by atoms with E-state index in [1.165, 1.54) is 11.5 Å². The first kappa shape index (κ1) is 15.7. The molecule has 0 bridgehead atoms. The molecule has 0 aromatic carbocycles. The molecule has 0 amide bonds. The van der Waals surface area contributed by atoms with Crippen molar-refractivity contribution in [2.24, 2.45) is 0 Å². The van der Waals surface area contributed by atoms with Crippen molar-refractivity contribution in [1.82, 2.24) is 0 Å². The first-order chi connectivity index (χ1) is 3.33. The van der Waals surface area contributed by atoms with Gasteiger partial charge in [0.2, 0.25) is 0 Å². The first-order valence-electron chi connectivity index (χ1n) is 1.37. The van der Waals surface area contributed by atoms with Crippen molar-refractivity contribution in [3.05, 3.63) is 12.7 Å². The zero-order valence-electron chi connectivity index (χ0n) is 3.63. The fraction of sp³-hybridized carbons (Fsp3) is 0. The predicted molar refractivity (Wildman–Crippen MR) is 37.6 cm³/mol. The van der Waals surface area contributed by atoms with Crippen LogP contribution in [0.4, 0.5) is 0 Å².